The molecule has 2 aromatic rings. The molecular formula is C13H16N4OS. The first-order valence-corrected chi connectivity index (χ1v) is 7.26. The molecule has 0 atom stereocenters. The van der Waals surface area contributed by atoms with E-state index >= 15 is 0 Å². The van der Waals surface area contributed by atoms with E-state index in [1.54, 1.807) is 28.3 Å². The van der Waals surface area contributed by atoms with Crippen molar-refractivity contribution >= 4 is 23.1 Å². The van der Waals surface area contributed by atoms with Gasteiger partial charge in [0.15, 0.2) is 0 Å². The summed E-state index contributed by atoms with van der Waals surface area (Å²) in [6.45, 7) is 0.960. The smallest absolute Gasteiger partial charge is 0.244 e. The van der Waals surface area contributed by atoms with Crippen molar-refractivity contribution in [3.63, 3.8) is 0 Å². The molecule has 2 aromatic heterocycles. The van der Waals surface area contributed by atoms with E-state index in [9.17, 15) is 4.79 Å². The summed E-state index contributed by atoms with van der Waals surface area (Å²) < 4.78 is 1.60. The molecule has 1 amide bonds. The van der Waals surface area contributed by atoms with Crippen molar-refractivity contribution < 1.29 is 4.79 Å². The Bertz CT molecular complexity index is 559. The zero-order valence-electron chi connectivity index (χ0n) is 10.5. The van der Waals surface area contributed by atoms with Gasteiger partial charge < -0.3 is 10.6 Å². The largest absolute Gasteiger partial charge is 0.382 e. The van der Waals surface area contributed by atoms with Crippen LogP contribution in [-0.2, 0) is 17.9 Å². The van der Waals surface area contributed by atoms with Crippen molar-refractivity contribution in [1.29, 1.82) is 0 Å². The van der Waals surface area contributed by atoms with Gasteiger partial charge in [-0.05, 0) is 41.3 Å². The van der Waals surface area contributed by atoms with Crippen molar-refractivity contribution in [2.24, 2.45) is 0 Å². The number of anilines is 1. The minimum atomic E-state index is 0.108. The van der Waals surface area contributed by atoms with Crippen molar-refractivity contribution in [3.05, 3.63) is 34.7 Å². The molecule has 3 rings (SSSR count). The lowest BCUT2D eigenvalue weighted by Crippen LogP contribution is -2.35. The molecule has 6 heteroatoms. The summed E-state index contributed by atoms with van der Waals surface area (Å²) in [4.78, 5) is 14.3. The van der Waals surface area contributed by atoms with E-state index in [1.165, 1.54) is 5.56 Å². The predicted octanol–water partition coefficient (Wildman–Crippen LogP) is 1.72. The van der Waals surface area contributed by atoms with Crippen LogP contribution < -0.4 is 5.73 Å². The van der Waals surface area contributed by atoms with Crippen molar-refractivity contribution in [1.82, 2.24) is 14.7 Å². The molecule has 0 unspecified atom stereocenters. The summed E-state index contributed by atoms with van der Waals surface area (Å²) in [6, 6.07) is 4.17. The second-order valence-electron chi connectivity index (χ2n) is 4.82. The van der Waals surface area contributed by atoms with Gasteiger partial charge in [-0.25, -0.2) is 0 Å². The molecular weight excluding hydrogens is 260 g/mol. The van der Waals surface area contributed by atoms with E-state index in [4.69, 9.17) is 5.73 Å². The monoisotopic (exact) mass is 276 g/mol. The molecule has 2 heterocycles. The number of carbonyl (C=O) groups is 1. The lowest BCUT2D eigenvalue weighted by atomic mass is 10.3. The van der Waals surface area contributed by atoms with Crippen LogP contribution >= 0.6 is 11.3 Å². The summed E-state index contributed by atoms with van der Waals surface area (Å²) in [6.07, 6.45) is 3.96. The Hall–Kier alpha value is -1.82. The molecule has 1 fully saturated rings. The van der Waals surface area contributed by atoms with E-state index in [-0.39, 0.29) is 12.5 Å². The SMILES string of the molecule is Nc1ccn(CC(=O)N(Cc2ccsc2)C2CC2)n1. The second-order valence-corrected chi connectivity index (χ2v) is 5.60. The van der Waals surface area contributed by atoms with Gasteiger partial charge in [0.1, 0.15) is 12.4 Å². The first-order valence-electron chi connectivity index (χ1n) is 6.32. The number of aromatic nitrogens is 2. The number of nitrogens with two attached hydrogens (primary N) is 1. The molecule has 19 heavy (non-hydrogen) atoms. The van der Waals surface area contributed by atoms with Gasteiger partial charge in [0, 0.05) is 18.8 Å². The Labute approximate surface area is 115 Å². The average molecular weight is 276 g/mol. The molecule has 0 radical (unpaired) electrons. The second kappa shape index (κ2) is 5.05. The number of rotatable bonds is 5. The lowest BCUT2D eigenvalue weighted by molar-refractivity contribution is -0.133. The minimum Gasteiger partial charge on any atom is -0.382 e. The summed E-state index contributed by atoms with van der Waals surface area (Å²) in [5.41, 5.74) is 6.76. The molecule has 1 aliphatic carbocycles. The third-order valence-electron chi connectivity index (χ3n) is 3.20. The van der Waals surface area contributed by atoms with Crippen molar-refractivity contribution in [3.8, 4) is 0 Å². The first kappa shape index (κ1) is 12.2. The fraction of sp³-hybridized carbons (Fsp3) is 0.385. The van der Waals surface area contributed by atoms with Crippen LogP contribution in [0.25, 0.3) is 0 Å². The van der Waals surface area contributed by atoms with Crippen LogP contribution in [0, 0.1) is 0 Å². The van der Waals surface area contributed by atoms with Crippen molar-refractivity contribution in [2.45, 2.75) is 32.0 Å². The topological polar surface area (TPSA) is 64.2 Å². The van der Waals surface area contributed by atoms with E-state index < -0.39 is 0 Å². The Morgan fingerprint density at radius 1 is 1.53 bits per heavy atom. The van der Waals surface area contributed by atoms with E-state index in [0.717, 1.165) is 12.8 Å². The summed E-state index contributed by atoms with van der Waals surface area (Å²) in [5, 5.41) is 8.19. The van der Waals surface area contributed by atoms with Gasteiger partial charge in [0.2, 0.25) is 5.91 Å². The van der Waals surface area contributed by atoms with Crippen LogP contribution in [0.2, 0.25) is 0 Å². The van der Waals surface area contributed by atoms with Crippen LogP contribution in [0.1, 0.15) is 18.4 Å². The highest BCUT2D eigenvalue weighted by molar-refractivity contribution is 7.07. The van der Waals surface area contributed by atoms with Gasteiger partial charge in [-0.15, -0.1) is 0 Å². The number of nitrogen functional groups attached to an aromatic ring is 1. The maximum absolute atomic E-state index is 12.4. The van der Waals surface area contributed by atoms with E-state index in [0.29, 0.717) is 18.4 Å². The highest BCUT2D eigenvalue weighted by atomic mass is 32.1. The standard InChI is InChI=1S/C13H16N4OS/c14-12-3-5-16(15-12)8-13(18)17(11-1-2-11)7-10-4-6-19-9-10/h3-6,9,11H,1-2,7-8H2,(H2,14,15). The molecule has 1 saturated carbocycles. The molecule has 5 nitrogen and oxygen atoms in total. The summed E-state index contributed by atoms with van der Waals surface area (Å²) >= 11 is 1.66. The number of thiophene rings is 1. The first-order chi connectivity index (χ1) is 9.22. The van der Waals surface area contributed by atoms with Gasteiger partial charge in [-0.3, -0.25) is 9.48 Å². The fourth-order valence-electron chi connectivity index (χ4n) is 2.08. The maximum atomic E-state index is 12.4. The minimum absolute atomic E-state index is 0.108. The zero-order chi connectivity index (χ0) is 13.2. The maximum Gasteiger partial charge on any atom is 0.244 e. The molecule has 0 bridgehead atoms. The number of hydrogen-bond donors (Lipinski definition) is 1. The number of nitrogens with zero attached hydrogens (tertiary/aromatic N) is 3. The highest BCUT2D eigenvalue weighted by Gasteiger charge is 2.32. The van der Waals surface area contributed by atoms with Gasteiger partial charge >= 0.3 is 0 Å². The predicted molar refractivity (Wildman–Crippen MR) is 74.5 cm³/mol. The Balaban J connectivity index is 1.67. The summed E-state index contributed by atoms with van der Waals surface area (Å²) in [5.74, 6) is 0.556. The average Bonchev–Trinajstić information content (AvgIpc) is 2.93. The van der Waals surface area contributed by atoms with E-state index in [2.05, 4.69) is 16.5 Å². The molecule has 0 spiro atoms. The third-order valence-corrected chi connectivity index (χ3v) is 3.93. The molecule has 0 saturated heterocycles. The molecule has 100 valence electrons. The van der Waals surface area contributed by atoms with Gasteiger partial charge in [-0.2, -0.15) is 16.4 Å². The Kier molecular flexibility index (Phi) is 3.25. The molecule has 2 N–H and O–H groups in total. The number of amides is 1. The van der Waals surface area contributed by atoms with Gasteiger partial charge in [0.25, 0.3) is 0 Å². The van der Waals surface area contributed by atoms with Crippen LogP contribution in [-0.4, -0.2) is 26.6 Å². The molecule has 0 aromatic carbocycles. The molecule has 0 aliphatic heterocycles. The highest BCUT2D eigenvalue weighted by Crippen LogP contribution is 2.29. The summed E-state index contributed by atoms with van der Waals surface area (Å²) in [7, 11) is 0. The molecule has 1 aliphatic rings. The van der Waals surface area contributed by atoms with Crippen LogP contribution in [0.15, 0.2) is 29.1 Å². The number of carbonyl (C=O) groups excluding carboxylic acids is 1. The lowest BCUT2D eigenvalue weighted by Gasteiger charge is -2.22. The van der Waals surface area contributed by atoms with E-state index in [1.807, 2.05) is 10.3 Å². The Morgan fingerprint density at radius 2 is 2.37 bits per heavy atom. The zero-order valence-corrected chi connectivity index (χ0v) is 11.3. The Morgan fingerprint density at radius 3 is 2.95 bits per heavy atom. The van der Waals surface area contributed by atoms with Crippen LogP contribution in [0.3, 0.4) is 0 Å². The quantitative estimate of drug-likeness (QED) is 0.904. The van der Waals surface area contributed by atoms with Crippen molar-refractivity contribution in [2.75, 3.05) is 5.73 Å². The van der Waals surface area contributed by atoms with Gasteiger partial charge in [0.05, 0.1) is 0 Å². The normalized spacial score (nSPS) is 14.5. The van der Waals surface area contributed by atoms with Crippen LogP contribution in [0.5, 0.6) is 0 Å². The number of hydrogen-bond acceptors (Lipinski definition) is 4. The fourth-order valence-corrected chi connectivity index (χ4v) is 2.74. The van der Waals surface area contributed by atoms with Crippen LogP contribution in [0.4, 0.5) is 5.82 Å². The third kappa shape index (κ3) is 2.96. The van der Waals surface area contributed by atoms with Gasteiger partial charge in [-0.1, -0.05) is 0 Å².